The van der Waals surface area contributed by atoms with Crippen molar-refractivity contribution in [3.05, 3.63) is 34.9 Å². The molecule has 0 spiro atoms. The van der Waals surface area contributed by atoms with Crippen LogP contribution in [0.25, 0.3) is 0 Å². The molecule has 0 aliphatic rings. The number of nitrogens with zero attached hydrogens (tertiary/aromatic N) is 1. The lowest BCUT2D eigenvalue weighted by atomic mass is 10.0. The van der Waals surface area contributed by atoms with Crippen molar-refractivity contribution in [2.45, 2.75) is 19.4 Å². The molecule has 4 nitrogen and oxygen atoms in total. The molecular weight excluding hydrogens is 276 g/mol. The van der Waals surface area contributed by atoms with E-state index >= 15 is 0 Å². The third-order valence-corrected chi connectivity index (χ3v) is 3.50. The molecule has 0 heterocycles. The molecule has 0 saturated carbocycles. The third-order valence-electron chi connectivity index (χ3n) is 3.27. The van der Waals surface area contributed by atoms with Crippen molar-refractivity contribution in [2.24, 2.45) is 0 Å². The van der Waals surface area contributed by atoms with E-state index < -0.39 is 0 Å². The molecule has 1 atom stereocenters. The van der Waals surface area contributed by atoms with E-state index in [0.717, 1.165) is 24.5 Å². The molecule has 3 N–H and O–H groups in total. The predicted molar refractivity (Wildman–Crippen MR) is 83.1 cm³/mol. The van der Waals surface area contributed by atoms with Crippen molar-refractivity contribution >= 4 is 11.6 Å². The summed E-state index contributed by atoms with van der Waals surface area (Å²) in [6, 6.07) is 8.12. The Morgan fingerprint density at radius 3 is 2.45 bits per heavy atom. The second kappa shape index (κ2) is 10.1. The maximum atomic E-state index is 9.03. The van der Waals surface area contributed by atoms with Crippen molar-refractivity contribution in [3.8, 4) is 0 Å². The summed E-state index contributed by atoms with van der Waals surface area (Å²) >= 11 is 6.05. The first-order valence-corrected chi connectivity index (χ1v) is 7.52. The molecule has 1 unspecified atom stereocenters. The van der Waals surface area contributed by atoms with Crippen LogP contribution in [0.5, 0.6) is 0 Å². The molecule has 0 amide bonds. The van der Waals surface area contributed by atoms with E-state index in [1.165, 1.54) is 5.56 Å². The minimum Gasteiger partial charge on any atom is -0.395 e. The van der Waals surface area contributed by atoms with Crippen LogP contribution in [-0.2, 0) is 0 Å². The molecule has 0 bridgehead atoms. The van der Waals surface area contributed by atoms with Crippen molar-refractivity contribution in [2.75, 3.05) is 39.4 Å². The molecule has 0 aliphatic heterocycles. The zero-order valence-corrected chi connectivity index (χ0v) is 12.8. The molecule has 0 radical (unpaired) electrons. The van der Waals surface area contributed by atoms with Gasteiger partial charge in [0.05, 0.1) is 13.2 Å². The van der Waals surface area contributed by atoms with Gasteiger partial charge in [-0.05, 0) is 30.7 Å². The second-order valence-electron chi connectivity index (χ2n) is 4.74. The third kappa shape index (κ3) is 6.20. The van der Waals surface area contributed by atoms with Crippen LogP contribution >= 0.6 is 11.6 Å². The van der Waals surface area contributed by atoms with Gasteiger partial charge in [0.25, 0.3) is 0 Å². The van der Waals surface area contributed by atoms with Crippen molar-refractivity contribution in [1.29, 1.82) is 0 Å². The quantitative estimate of drug-likeness (QED) is 0.615. The summed E-state index contributed by atoms with van der Waals surface area (Å²) in [6.07, 6.45) is 0.911. The van der Waals surface area contributed by atoms with Crippen LogP contribution in [0.1, 0.15) is 24.9 Å². The fourth-order valence-electron chi connectivity index (χ4n) is 2.29. The summed E-state index contributed by atoms with van der Waals surface area (Å²) in [6.45, 7) is 5.20. The minimum atomic E-state index is 0.114. The first-order chi connectivity index (χ1) is 9.71. The van der Waals surface area contributed by atoms with E-state index in [-0.39, 0.29) is 19.3 Å². The summed E-state index contributed by atoms with van der Waals surface area (Å²) in [4.78, 5) is 2.06. The van der Waals surface area contributed by atoms with Gasteiger partial charge in [0.15, 0.2) is 0 Å². The summed E-state index contributed by atoms with van der Waals surface area (Å²) in [5.41, 5.74) is 1.17. The molecular formula is C15H25ClN2O2. The van der Waals surface area contributed by atoms with Crippen LogP contribution in [0.4, 0.5) is 0 Å². The Hall–Kier alpha value is -0.650. The molecule has 0 aromatic heterocycles. The maximum Gasteiger partial charge on any atom is 0.0558 e. The number of halogens is 1. The van der Waals surface area contributed by atoms with Crippen LogP contribution in [0.2, 0.25) is 5.02 Å². The maximum absolute atomic E-state index is 9.03. The van der Waals surface area contributed by atoms with Gasteiger partial charge in [-0.2, -0.15) is 0 Å². The Morgan fingerprint density at radius 2 is 1.90 bits per heavy atom. The molecule has 0 fully saturated rings. The van der Waals surface area contributed by atoms with Crippen molar-refractivity contribution in [3.63, 3.8) is 0 Å². The highest BCUT2D eigenvalue weighted by Crippen LogP contribution is 2.20. The normalized spacial score (nSPS) is 12.8. The van der Waals surface area contributed by atoms with E-state index in [1.807, 2.05) is 18.2 Å². The molecule has 1 rings (SSSR count). The molecule has 5 heteroatoms. The molecule has 0 aliphatic carbocycles. The van der Waals surface area contributed by atoms with Crippen LogP contribution in [0, 0.1) is 0 Å². The first-order valence-electron chi connectivity index (χ1n) is 7.14. The summed E-state index contributed by atoms with van der Waals surface area (Å²) in [5, 5.41) is 22.3. The predicted octanol–water partition coefficient (Wildman–Crippen LogP) is 1.67. The molecule has 114 valence electrons. The van der Waals surface area contributed by atoms with E-state index in [1.54, 1.807) is 0 Å². The number of rotatable bonds is 10. The van der Waals surface area contributed by atoms with Gasteiger partial charge in [-0.1, -0.05) is 30.7 Å². The zero-order valence-electron chi connectivity index (χ0n) is 12.1. The highest BCUT2D eigenvalue weighted by atomic mass is 35.5. The van der Waals surface area contributed by atoms with E-state index in [4.69, 9.17) is 21.8 Å². The molecule has 0 saturated heterocycles. The Bertz CT molecular complexity index is 371. The standard InChI is InChI=1S/C15H25ClN2O2/c1-2-17-15(13-4-3-5-14(16)12-13)6-7-18(8-10-19)9-11-20/h3-5,12,15,17,19-20H,2,6-11H2,1H3. The summed E-state index contributed by atoms with van der Waals surface area (Å²) in [5.74, 6) is 0. The van der Waals surface area contributed by atoms with Crippen molar-refractivity contribution in [1.82, 2.24) is 10.2 Å². The number of nitrogens with one attached hydrogen (secondary N) is 1. The highest BCUT2D eigenvalue weighted by molar-refractivity contribution is 6.30. The Labute approximate surface area is 126 Å². The minimum absolute atomic E-state index is 0.114. The largest absolute Gasteiger partial charge is 0.395 e. The second-order valence-corrected chi connectivity index (χ2v) is 5.18. The smallest absolute Gasteiger partial charge is 0.0558 e. The lowest BCUT2D eigenvalue weighted by molar-refractivity contribution is 0.156. The number of hydrogen-bond acceptors (Lipinski definition) is 4. The lowest BCUT2D eigenvalue weighted by Crippen LogP contribution is -2.33. The average Bonchev–Trinajstić information content (AvgIpc) is 2.43. The molecule has 1 aromatic carbocycles. The van der Waals surface area contributed by atoms with Crippen LogP contribution < -0.4 is 5.32 Å². The number of aliphatic hydroxyl groups is 2. The van der Waals surface area contributed by atoms with Crippen LogP contribution in [0.15, 0.2) is 24.3 Å². The van der Waals surface area contributed by atoms with Gasteiger partial charge >= 0.3 is 0 Å². The fraction of sp³-hybridized carbons (Fsp3) is 0.600. The fourth-order valence-corrected chi connectivity index (χ4v) is 2.48. The average molecular weight is 301 g/mol. The lowest BCUT2D eigenvalue weighted by Gasteiger charge is -2.24. The van der Waals surface area contributed by atoms with Gasteiger partial charge in [-0.15, -0.1) is 0 Å². The summed E-state index contributed by atoms with van der Waals surface area (Å²) in [7, 11) is 0. The highest BCUT2D eigenvalue weighted by Gasteiger charge is 2.13. The Balaban J connectivity index is 2.62. The van der Waals surface area contributed by atoms with Gasteiger partial charge in [-0.3, -0.25) is 4.90 Å². The summed E-state index contributed by atoms with van der Waals surface area (Å²) < 4.78 is 0. The van der Waals surface area contributed by atoms with E-state index in [2.05, 4.69) is 23.2 Å². The molecule has 20 heavy (non-hydrogen) atoms. The van der Waals surface area contributed by atoms with Crippen LogP contribution in [0.3, 0.4) is 0 Å². The van der Waals surface area contributed by atoms with Gasteiger partial charge in [0.1, 0.15) is 0 Å². The Kier molecular flexibility index (Phi) is 8.82. The van der Waals surface area contributed by atoms with Crippen molar-refractivity contribution < 1.29 is 10.2 Å². The zero-order chi connectivity index (χ0) is 14.8. The van der Waals surface area contributed by atoms with Crippen LogP contribution in [-0.4, -0.2) is 54.5 Å². The van der Waals surface area contributed by atoms with Gasteiger partial charge < -0.3 is 15.5 Å². The number of hydrogen-bond donors (Lipinski definition) is 3. The van der Waals surface area contributed by atoms with Gasteiger partial charge in [0.2, 0.25) is 0 Å². The SMILES string of the molecule is CCNC(CCN(CCO)CCO)c1cccc(Cl)c1. The topological polar surface area (TPSA) is 55.7 Å². The first kappa shape index (κ1) is 17.4. The van der Waals surface area contributed by atoms with Gasteiger partial charge in [-0.25, -0.2) is 0 Å². The monoisotopic (exact) mass is 300 g/mol. The molecule has 1 aromatic rings. The number of aliphatic hydroxyl groups excluding tert-OH is 2. The Morgan fingerprint density at radius 1 is 1.20 bits per heavy atom. The van der Waals surface area contributed by atoms with E-state index in [9.17, 15) is 0 Å². The van der Waals surface area contributed by atoms with Gasteiger partial charge in [0, 0.05) is 30.7 Å². The number of benzene rings is 1. The van der Waals surface area contributed by atoms with E-state index in [0.29, 0.717) is 13.1 Å².